The number of hydrogen-bond donors (Lipinski definition) is 1. The minimum Gasteiger partial charge on any atom is -0.495 e. The Bertz CT molecular complexity index is 1290. The first-order valence-corrected chi connectivity index (χ1v) is 9.42. The molecule has 0 fully saturated rings. The number of hydrogen-bond acceptors (Lipinski definition) is 5. The average Bonchev–Trinajstić information content (AvgIpc) is 3.31. The zero-order valence-electron chi connectivity index (χ0n) is 14.6. The molecule has 0 saturated carbocycles. The number of nitrogen functional groups attached to an aromatic ring is 1. The van der Waals surface area contributed by atoms with Gasteiger partial charge in [0.2, 0.25) is 5.89 Å². The zero-order valence-corrected chi connectivity index (χ0v) is 15.4. The van der Waals surface area contributed by atoms with E-state index >= 15 is 0 Å². The summed E-state index contributed by atoms with van der Waals surface area (Å²) in [7, 11) is 1.60. The van der Waals surface area contributed by atoms with Crippen LogP contribution in [-0.2, 0) is 0 Å². The van der Waals surface area contributed by atoms with Gasteiger partial charge < -0.3 is 14.9 Å². The highest BCUT2D eigenvalue weighted by atomic mass is 32.1. The molecule has 5 rings (SSSR count). The van der Waals surface area contributed by atoms with Crippen molar-refractivity contribution >= 4 is 38.9 Å². The van der Waals surface area contributed by atoms with Gasteiger partial charge in [-0.15, -0.1) is 11.3 Å². The number of ether oxygens (including phenoxy) is 1. The van der Waals surface area contributed by atoms with Crippen molar-refractivity contribution in [3.8, 4) is 27.6 Å². The molecular formula is C22H16N2O2S. The molecule has 0 aliphatic heterocycles. The van der Waals surface area contributed by atoms with Crippen LogP contribution in [0.3, 0.4) is 0 Å². The van der Waals surface area contributed by atoms with E-state index in [0.29, 0.717) is 17.3 Å². The van der Waals surface area contributed by atoms with Crippen molar-refractivity contribution in [2.24, 2.45) is 0 Å². The first-order valence-electron chi connectivity index (χ1n) is 8.54. The molecule has 0 atom stereocenters. The summed E-state index contributed by atoms with van der Waals surface area (Å²) in [6, 6.07) is 20.1. The minimum absolute atomic E-state index is 0.549. The lowest BCUT2D eigenvalue weighted by atomic mass is 10.1. The highest BCUT2D eigenvalue weighted by Crippen LogP contribution is 2.37. The van der Waals surface area contributed by atoms with Crippen molar-refractivity contribution in [2.75, 3.05) is 12.8 Å². The molecule has 0 aliphatic carbocycles. The van der Waals surface area contributed by atoms with E-state index in [1.54, 1.807) is 18.4 Å². The smallest absolute Gasteiger partial charge is 0.227 e. The molecule has 2 N–H and O–H groups in total. The van der Waals surface area contributed by atoms with Gasteiger partial charge in [-0.2, -0.15) is 0 Å². The van der Waals surface area contributed by atoms with Crippen LogP contribution < -0.4 is 10.5 Å². The predicted octanol–water partition coefficient (Wildman–Crippen LogP) is 5.97. The summed E-state index contributed by atoms with van der Waals surface area (Å²) < 4.78 is 11.2. The van der Waals surface area contributed by atoms with E-state index in [1.807, 2.05) is 24.3 Å². The van der Waals surface area contributed by atoms with Gasteiger partial charge >= 0.3 is 0 Å². The molecular weight excluding hydrogens is 356 g/mol. The van der Waals surface area contributed by atoms with Crippen molar-refractivity contribution in [2.45, 2.75) is 0 Å². The maximum Gasteiger partial charge on any atom is 0.227 e. The van der Waals surface area contributed by atoms with Crippen LogP contribution in [0.1, 0.15) is 0 Å². The largest absolute Gasteiger partial charge is 0.495 e. The SMILES string of the molecule is COc1ccc(-c2nc3cc(-c4scc5ccccc45)ccc3o2)cc1N. The van der Waals surface area contributed by atoms with Gasteiger partial charge in [-0.1, -0.05) is 24.3 Å². The second-order valence-electron chi connectivity index (χ2n) is 6.31. The number of methoxy groups -OCH3 is 1. The molecule has 132 valence electrons. The highest BCUT2D eigenvalue weighted by Gasteiger charge is 2.13. The lowest BCUT2D eigenvalue weighted by molar-refractivity contribution is 0.417. The Labute approximate surface area is 159 Å². The number of fused-ring (bicyclic) bond motifs is 2. The van der Waals surface area contributed by atoms with Crippen LogP contribution in [0.2, 0.25) is 0 Å². The molecule has 0 amide bonds. The predicted molar refractivity (Wildman–Crippen MR) is 111 cm³/mol. The molecule has 5 heteroatoms. The zero-order chi connectivity index (χ0) is 18.4. The number of oxazole rings is 1. The molecule has 0 spiro atoms. The third-order valence-electron chi connectivity index (χ3n) is 4.64. The highest BCUT2D eigenvalue weighted by molar-refractivity contribution is 7.15. The lowest BCUT2D eigenvalue weighted by Gasteiger charge is -2.04. The summed E-state index contributed by atoms with van der Waals surface area (Å²) in [4.78, 5) is 5.91. The maximum atomic E-state index is 6.01. The Morgan fingerprint density at radius 1 is 1.00 bits per heavy atom. The fourth-order valence-electron chi connectivity index (χ4n) is 3.28. The standard InChI is InChI=1S/C22H16N2O2S/c1-25-19-8-7-14(10-17(19)23)22-24-18-11-13(6-9-20(18)26-22)21-16-5-3-2-4-15(16)12-27-21/h2-12H,23H2,1H3. The first-order chi connectivity index (χ1) is 13.2. The normalized spacial score (nSPS) is 11.3. The minimum atomic E-state index is 0.549. The summed E-state index contributed by atoms with van der Waals surface area (Å²) in [5, 5.41) is 4.70. The quantitative estimate of drug-likeness (QED) is 0.397. The summed E-state index contributed by atoms with van der Waals surface area (Å²) in [5.41, 5.74) is 10.1. The fourth-order valence-corrected chi connectivity index (χ4v) is 4.30. The van der Waals surface area contributed by atoms with Gasteiger partial charge in [0.25, 0.3) is 0 Å². The van der Waals surface area contributed by atoms with Crippen molar-refractivity contribution in [1.29, 1.82) is 0 Å². The second kappa shape index (κ2) is 6.14. The summed E-state index contributed by atoms with van der Waals surface area (Å²) in [6.07, 6.45) is 0. The molecule has 5 aromatic rings. The van der Waals surface area contributed by atoms with Gasteiger partial charge in [-0.05, 0) is 52.7 Å². The number of aromatic nitrogens is 1. The Hall–Kier alpha value is -3.31. The molecule has 27 heavy (non-hydrogen) atoms. The number of thiophene rings is 1. The van der Waals surface area contributed by atoms with Crippen LogP contribution in [0.5, 0.6) is 5.75 Å². The third kappa shape index (κ3) is 2.64. The first kappa shape index (κ1) is 15.9. The molecule has 2 heterocycles. The van der Waals surface area contributed by atoms with E-state index in [0.717, 1.165) is 22.2 Å². The van der Waals surface area contributed by atoms with E-state index in [4.69, 9.17) is 14.9 Å². The van der Waals surface area contributed by atoms with E-state index in [9.17, 15) is 0 Å². The van der Waals surface area contributed by atoms with Crippen molar-refractivity contribution in [3.63, 3.8) is 0 Å². The van der Waals surface area contributed by atoms with Gasteiger partial charge in [-0.25, -0.2) is 4.98 Å². The van der Waals surface area contributed by atoms with Gasteiger partial charge in [0, 0.05) is 15.8 Å². The summed E-state index contributed by atoms with van der Waals surface area (Å²) in [6.45, 7) is 0. The van der Waals surface area contributed by atoms with Crippen LogP contribution >= 0.6 is 11.3 Å². The Morgan fingerprint density at radius 3 is 2.70 bits per heavy atom. The van der Waals surface area contributed by atoms with E-state index in [2.05, 4.69) is 46.8 Å². The van der Waals surface area contributed by atoms with E-state index in [-0.39, 0.29) is 0 Å². The van der Waals surface area contributed by atoms with E-state index in [1.165, 1.54) is 15.6 Å². The van der Waals surface area contributed by atoms with Gasteiger partial charge in [0.1, 0.15) is 11.3 Å². The Balaban J connectivity index is 1.60. The van der Waals surface area contributed by atoms with Crippen molar-refractivity contribution in [1.82, 2.24) is 4.98 Å². The third-order valence-corrected chi connectivity index (χ3v) is 5.70. The van der Waals surface area contributed by atoms with Gasteiger partial charge in [0.15, 0.2) is 5.58 Å². The lowest BCUT2D eigenvalue weighted by Crippen LogP contribution is -1.92. The maximum absolute atomic E-state index is 6.01. The van der Waals surface area contributed by atoms with E-state index < -0.39 is 0 Å². The van der Waals surface area contributed by atoms with Gasteiger partial charge in [0.05, 0.1) is 12.8 Å². The van der Waals surface area contributed by atoms with Crippen molar-refractivity contribution in [3.05, 3.63) is 66.0 Å². The summed E-state index contributed by atoms with van der Waals surface area (Å²) in [5.74, 6) is 1.19. The molecule has 0 bridgehead atoms. The Kier molecular flexibility index (Phi) is 3.62. The van der Waals surface area contributed by atoms with Crippen molar-refractivity contribution < 1.29 is 9.15 Å². The van der Waals surface area contributed by atoms with Crippen LogP contribution in [-0.4, -0.2) is 12.1 Å². The average molecular weight is 372 g/mol. The van der Waals surface area contributed by atoms with Crippen LogP contribution in [0.4, 0.5) is 5.69 Å². The number of anilines is 1. The van der Waals surface area contributed by atoms with Gasteiger partial charge in [-0.3, -0.25) is 0 Å². The molecule has 0 radical (unpaired) electrons. The van der Waals surface area contributed by atoms with Crippen LogP contribution in [0.15, 0.2) is 70.5 Å². The Morgan fingerprint density at radius 2 is 1.85 bits per heavy atom. The molecule has 4 nitrogen and oxygen atoms in total. The second-order valence-corrected chi connectivity index (χ2v) is 7.19. The number of benzene rings is 3. The number of nitrogens with zero attached hydrogens (tertiary/aromatic N) is 1. The topological polar surface area (TPSA) is 61.3 Å². The molecule has 0 unspecified atom stereocenters. The number of rotatable bonds is 3. The molecule has 3 aromatic carbocycles. The fraction of sp³-hybridized carbons (Fsp3) is 0.0455. The summed E-state index contributed by atoms with van der Waals surface area (Å²) >= 11 is 1.74. The number of nitrogens with two attached hydrogens (primary N) is 1. The monoisotopic (exact) mass is 372 g/mol. The molecule has 0 aliphatic rings. The molecule has 2 aromatic heterocycles. The van der Waals surface area contributed by atoms with Crippen LogP contribution in [0.25, 0.3) is 43.8 Å². The molecule has 0 saturated heterocycles. The van der Waals surface area contributed by atoms with Crippen LogP contribution in [0, 0.1) is 0 Å².